The lowest BCUT2D eigenvalue weighted by atomic mass is 10.1. The van der Waals surface area contributed by atoms with Crippen molar-refractivity contribution in [3.05, 3.63) is 73.1 Å². The van der Waals surface area contributed by atoms with Crippen molar-refractivity contribution in [2.24, 2.45) is 0 Å². The van der Waals surface area contributed by atoms with E-state index in [9.17, 15) is 18.0 Å². The summed E-state index contributed by atoms with van der Waals surface area (Å²) in [6, 6.07) is 11.9. The Morgan fingerprint density at radius 3 is 2.21 bits per heavy atom. The van der Waals surface area contributed by atoms with Gasteiger partial charge in [0.25, 0.3) is 0 Å². The molecule has 2 aromatic carbocycles. The Morgan fingerprint density at radius 1 is 0.947 bits per heavy atom. The highest BCUT2D eigenvalue weighted by molar-refractivity contribution is 5.85. The van der Waals surface area contributed by atoms with E-state index in [1.54, 1.807) is 38.1 Å². The van der Waals surface area contributed by atoms with E-state index in [1.165, 1.54) is 47.7 Å². The van der Waals surface area contributed by atoms with Gasteiger partial charge in [-0.3, -0.25) is 5.32 Å². The minimum absolute atomic E-state index is 0.315. The molecule has 0 saturated heterocycles. The summed E-state index contributed by atoms with van der Waals surface area (Å²) in [5.41, 5.74) is 0.533. The number of alkyl halides is 3. The maximum atomic E-state index is 12.5. The standard InChI is InChI=1S/C25H23F3N6O4/c1-4-36-20-13-29-22(30-14-20)24(2,3)38-23(35)32-17-7-5-16(6-8-17)21-31-15-34(33-21)18-9-11-19(12-10-18)37-25(26,27)28/h5-15H,4H2,1-3H3,(H,32,35). The summed E-state index contributed by atoms with van der Waals surface area (Å²) >= 11 is 0. The van der Waals surface area contributed by atoms with Crippen LogP contribution in [-0.2, 0) is 10.3 Å². The molecular weight excluding hydrogens is 505 g/mol. The molecule has 10 nitrogen and oxygen atoms in total. The van der Waals surface area contributed by atoms with Crippen molar-refractivity contribution >= 4 is 11.8 Å². The van der Waals surface area contributed by atoms with Gasteiger partial charge >= 0.3 is 12.5 Å². The van der Waals surface area contributed by atoms with Crippen molar-refractivity contribution in [2.45, 2.75) is 32.7 Å². The number of benzene rings is 2. The molecule has 0 aliphatic heterocycles. The lowest BCUT2D eigenvalue weighted by Crippen LogP contribution is -2.30. The smallest absolute Gasteiger partial charge is 0.491 e. The first-order valence-electron chi connectivity index (χ1n) is 11.4. The molecule has 0 unspecified atom stereocenters. The lowest BCUT2D eigenvalue weighted by Gasteiger charge is -2.23. The Balaban J connectivity index is 1.37. The molecule has 0 aliphatic rings. The third-order valence-electron chi connectivity index (χ3n) is 5.04. The molecular formula is C25H23F3N6O4. The largest absolute Gasteiger partial charge is 0.573 e. The third-order valence-corrected chi connectivity index (χ3v) is 5.04. The molecule has 4 aromatic rings. The number of nitrogens with one attached hydrogen (secondary N) is 1. The number of halogens is 3. The Kier molecular flexibility index (Phi) is 7.46. The zero-order valence-electron chi connectivity index (χ0n) is 20.6. The van der Waals surface area contributed by atoms with Crippen LogP contribution in [0, 0.1) is 0 Å². The van der Waals surface area contributed by atoms with Crippen molar-refractivity contribution in [2.75, 3.05) is 11.9 Å². The molecule has 0 aliphatic carbocycles. The fourth-order valence-electron chi connectivity index (χ4n) is 3.31. The first-order valence-corrected chi connectivity index (χ1v) is 11.4. The minimum Gasteiger partial charge on any atom is -0.491 e. The zero-order valence-corrected chi connectivity index (χ0v) is 20.6. The summed E-state index contributed by atoms with van der Waals surface area (Å²) in [6.45, 7) is 5.68. The summed E-state index contributed by atoms with van der Waals surface area (Å²) in [5, 5.41) is 7.00. The highest BCUT2D eigenvalue weighted by Crippen LogP contribution is 2.25. The molecule has 0 saturated carbocycles. The van der Waals surface area contributed by atoms with Crippen LogP contribution in [0.1, 0.15) is 26.6 Å². The van der Waals surface area contributed by atoms with E-state index in [1.807, 2.05) is 6.92 Å². The number of hydrogen-bond acceptors (Lipinski definition) is 8. The van der Waals surface area contributed by atoms with Crippen molar-refractivity contribution in [1.29, 1.82) is 0 Å². The van der Waals surface area contributed by atoms with Crippen molar-refractivity contribution < 1.29 is 32.2 Å². The van der Waals surface area contributed by atoms with Crippen molar-refractivity contribution in [3.63, 3.8) is 0 Å². The number of aromatic nitrogens is 5. The van der Waals surface area contributed by atoms with Gasteiger partial charge in [0.2, 0.25) is 0 Å². The van der Waals surface area contributed by atoms with Crippen molar-refractivity contribution in [3.8, 4) is 28.6 Å². The second kappa shape index (κ2) is 10.7. The van der Waals surface area contributed by atoms with E-state index >= 15 is 0 Å². The molecule has 38 heavy (non-hydrogen) atoms. The van der Waals surface area contributed by atoms with E-state index in [4.69, 9.17) is 9.47 Å². The van der Waals surface area contributed by atoms with Gasteiger partial charge in [0.15, 0.2) is 23.0 Å². The van der Waals surface area contributed by atoms with Crippen LogP contribution in [0.3, 0.4) is 0 Å². The topological polar surface area (TPSA) is 113 Å². The molecule has 198 valence electrons. The molecule has 2 aromatic heterocycles. The van der Waals surface area contributed by atoms with Crippen LogP contribution in [0.15, 0.2) is 67.3 Å². The molecule has 0 spiro atoms. The third kappa shape index (κ3) is 6.75. The van der Waals surface area contributed by atoms with Gasteiger partial charge in [-0.05, 0) is 69.3 Å². The fourth-order valence-corrected chi connectivity index (χ4v) is 3.31. The summed E-state index contributed by atoms with van der Waals surface area (Å²) in [6.07, 6.45) is -0.995. The summed E-state index contributed by atoms with van der Waals surface area (Å²) in [5.74, 6) is 0.877. The number of amides is 1. The quantitative estimate of drug-likeness (QED) is 0.319. The van der Waals surface area contributed by atoms with Crippen LogP contribution in [0.4, 0.5) is 23.7 Å². The first-order chi connectivity index (χ1) is 18.0. The van der Waals surface area contributed by atoms with Gasteiger partial charge in [-0.1, -0.05) is 0 Å². The summed E-state index contributed by atoms with van der Waals surface area (Å²) in [7, 11) is 0. The number of anilines is 1. The monoisotopic (exact) mass is 528 g/mol. The van der Waals surface area contributed by atoms with Crippen molar-refractivity contribution in [1.82, 2.24) is 24.7 Å². The highest BCUT2D eigenvalue weighted by atomic mass is 19.4. The first kappa shape index (κ1) is 26.4. The maximum Gasteiger partial charge on any atom is 0.573 e. The van der Waals surface area contributed by atoms with Crippen LogP contribution in [0.2, 0.25) is 0 Å². The molecule has 1 amide bonds. The number of ether oxygens (including phenoxy) is 3. The van der Waals surface area contributed by atoms with E-state index in [-0.39, 0.29) is 5.75 Å². The average molecular weight is 528 g/mol. The average Bonchev–Trinajstić information content (AvgIpc) is 3.34. The maximum absolute atomic E-state index is 12.5. The zero-order chi connectivity index (χ0) is 27.3. The highest BCUT2D eigenvalue weighted by Gasteiger charge is 2.31. The number of rotatable bonds is 8. The van der Waals surface area contributed by atoms with Gasteiger partial charge in [-0.2, -0.15) is 0 Å². The van der Waals surface area contributed by atoms with E-state index in [0.717, 1.165) is 0 Å². The Hall–Kier alpha value is -4.68. The lowest BCUT2D eigenvalue weighted by molar-refractivity contribution is -0.274. The molecule has 0 radical (unpaired) electrons. The van der Waals surface area contributed by atoms with E-state index < -0.39 is 18.1 Å². The SMILES string of the molecule is CCOc1cnc(C(C)(C)OC(=O)Nc2ccc(-c3ncn(-c4ccc(OC(F)(F)F)cc4)n3)cc2)nc1. The fraction of sp³-hybridized carbons (Fsp3) is 0.240. The predicted octanol–water partition coefficient (Wildman–Crippen LogP) is 5.51. The molecule has 2 heterocycles. The van der Waals surface area contributed by atoms with Crippen LogP contribution in [0.5, 0.6) is 11.5 Å². The Labute approximate surface area is 215 Å². The van der Waals surface area contributed by atoms with Gasteiger partial charge < -0.3 is 14.2 Å². The minimum atomic E-state index is -4.76. The molecule has 0 fully saturated rings. The van der Waals surface area contributed by atoms with Gasteiger partial charge in [0.1, 0.15) is 12.1 Å². The van der Waals surface area contributed by atoms with Crippen LogP contribution in [0.25, 0.3) is 17.1 Å². The molecule has 0 bridgehead atoms. The van der Waals surface area contributed by atoms with Gasteiger partial charge in [0.05, 0.1) is 24.7 Å². The summed E-state index contributed by atoms with van der Waals surface area (Å²) < 4.78 is 53.2. The Morgan fingerprint density at radius 2 is 1.61 bits per heavy atom. The molecule has 13 heteroatoms. The predicted molar refractivity (Wildman–Crippen MR) is 130 cm³/mol. The van der Waals surface area contributed by atoms with E-state index in [2.05, 4.69) is 30.1 Å². The molecule has 4 rings (SSSR count). The second-order valence-electron chi connectivity index (χ2n) is 8.33. The van der Waals surface area contributed by atoms with E-state index in [0.29, 0.717) is 40.9 Å². The van der Waals surface area contributed by atoms with Crippen LogP contribution >= 0.6 is 0 Å². The van der Waals surface area contributed by atoms with Crippen LogP contribution in [-0.4, -0.2) is 43.8 Å². The number of hydrogen-bond donors (Lipinski definition) is 1. The number of nitrogens with zero attached hydrogens (tertiary/aromatic N) is 5. The Bertz CT molecular complexity index is 1370. The second-order valence-corrected chi connectivity index (χ2v) is 8.33. The normalized spacial score (nSPS) is 11.6. The number of carbonyl (C=O) groups excluding carboxylic acids is 1. The molecule has 1 N–H and O–H groups in total. The van der Waals surface area contributed by atoms with Gasteiger partial charge in [0, 0.05) is 11.3 Å². The summed E-state index contributed by atoms with van der Waals surface area (Å²) in [4.78, 5) is 25.1. The number of carbonyl (C=O) groups is 1. The van der Waals surface area contributed by atoms with Gasteiger partial charge in [-0.15, -0.1) is 18.3 Å². The van der Waals surface area contributed by atoms with Crippen LogP contribution < -0.4 is 14.8 Å². The molecule has 0 atom stereocenters. The van der Waals surface area contributed by atoms with Gasteiger partial charge in [-0.25, -0.2) is 24.4 Å².